The Morgan fingerprint density at radius 3 is 2.79 bits per heavy atom. The van der Waals surface area contributed by atoms with Crippen molar-refractivity contribution in [2.45, 2.75) is 6.54 Å². The van der Waals surface area contributed by atoms with E-state index in [-0.39, 0.29) is 10.0 Å². The number of rotatable bonds is 3. The van der Waals surface area contributed by atoms with Crippen molar-refractivity contribution in [2.75, 3.05) is 7.11 Å². The van der Waals surface area contributed by atoms with E-state index in [1.165, 1.54) is 10.9 Å². The zero-order valence-corrected chi connectivity index (χ0v) is 13.0. The second-order valence-corrected chi connectivity index (χ2v) is 5.38. The summed E-state index contributed by atoms with van der Waals surface area (Å²) in [7, 11) is 1.59. The summed E-state index contributed by atoms with van der Waals surface area (Å²) in [5, 5.41) is 4.08. The third-order valence-corrected chi connectivity index (χ3v) is 3.86. The number of hydrogen-bond acceptors (Lipinski definition) is 3. The lowest BCUT2D eigenvalue weighted by atomic mass is 10.2. The molecule has 2 aromatic rings. The van der Waals surface area contributed by atoms with Crippen molar-refractivity contribution in [1.82, 2.24) is 9.78 Å². The van der Waals surface area contributed by atoms with E-state index in [0.717, 1.165) is 15.8 Å². The van der Waals surface area contributed by atoms with Crippen LogP contribution in [-0.4, -0.2) is 16.9 Å². The van der Waals surface area contributed by atoms with Crippen LogP contribution in [0.2, 0.25) is 10.0 Å². The van der Waals surface area contributed by atoms with E-state index in [4.69, 9.17) is 27.9 Å². The van der Waals surface area contributed by atoms with Crippen LogP contribution in [0.4, 0.5) is 0 Å². The van der Waals surface area contributed by atoms with E-state index in [1.807, 2.05) is 18.2 Å². The number of ether oxygens (including phenoxy) is 1. The van der Waals surface area contributed by atoms with Crippen LogP contribution in [0.15, 0.2) is 33.7 Å². The first kappa shape index (κ1) is 14.4. The molecule has 1 heterocycles. The third kappa shape index (κ3) is 3.11. The molecule has 2 rings (SSSR count). The fraction of sp³-hybridized carbons (Fsp3) is 0.167. The Morgan fingerprint density at radius 1 is 1.42 bits per heavy atom. The minimum absolute atomic E-state index is 0.0238. The highest BCUT2D eigenvalue weighted by atomic mass is 79.9. The van der Waals surface area contributed by atoms with Gasteiger partial charge in [-0.05, 0) is 33.6 Å². The second-order valence-electron chi connectivity index (χ2n) is 3.74. The number of benzene rings is 1. The van der Waals surface area contributed by atoms with Crippen molar-refractivity contribution in [1.29, 1.82) is 0 Å². The molecule has 0 radical (unpaired) electrons. The summed E-state index contributed by atoms with van der Waals surface area (Å²) in [6, 6.07) is 5.51. The molecule has 4 nitrogen and oxygen atoms in total. The molecular formula is C12H9BrCl2N2O2. The highest BCUT2D eigenvalue weighted by Crippen LogP contribution is 2.25. The molecule has 0 bridgehead atoms. The lowest BCUT2D eigenvalue weighted by Gasteiger charge is -2.08. The predicted octanol–water partition coefficient (Wildman–Crippen LogP) is 3.37. The first-order chi connectivity index (χ1) is 9.02. The van der Waals surface area contributed by atoms with Gasteiger partial charge in [-0.1, -0.05) is 29.3 Å². The van der Waals surface area contributed by atoms with E-state index in [1.54, 1.807) is 7.11 Å². The summed E-state index contributed by atoms with van der Waals surface area (Å²) in [6.07, 6.45) is 1.35. The summed E-state index contributed by atoms with van der Waals surface area (Å²) >= 11 is 14.9. The Bertz CT molecular complexity index is 673. The van der Waals surface area contributed by atoms with Gasteiger partial charge in [0.1, 0.15) is 10.8 Å². The van der Waals surface area contributed by atoms with Gasteiger partial charge in [0.25, 0.3) is 5.56 Å². The van der Waals surface area contributed by atoms with Crippen LogP contribution in [0.5, 0.6) is 5.75 Å². The van der Waals surface area contributed by atoms with Gasteiger partial charge in [-0.3, -0.25) is 4.79 Å². The normalized spacial score (nSPS) is 10.5. The molecule has 100 valence electrons. The molecular weight excluding hydrogens is 355 g/mol. The van der Waals surface area contributed by atoms with Crippen LogP contribution in [0.1, 0.15) is 5.56 Å². The van der Waals surface area contributed by atoms with Gasteiger partial charge in [-0.15, -0.1) is 0 Å². The highest BCUT2D eigenvalue weighted by molar-refractivity contribution is 9.10. The molecule has 0 saturated heterocycles. The maximum atomic E-state index is 11.8. The topological polar surface area (TPSA) is 44.1 Å². The molecule has 0 aliphatic rings. The Kier molecular flexibility index (Phi) is 4.50. The quantitative estimate of drug-likeness (QED) is 0.839. The summed E-state index contributed by atoms with van der Waals surface area (Å²) in [5.41, 5.74) is 0.474. The molecule has 0 atom stereocenters. The van der Waals surface area contributed by atoms with Crippen LogP contribution in [0.3, 0.4) is 0 Å². The Labute approximate surface area is 128 Å². The monoisotopic (exact) mass is 362 g/mol. The van der Waals surface area contributed by atoms with Gasteiger partial charge in [-0.2, -0.15) is 5.10 Å². The lowest BCUT2D eigenvalue weighted by molar-refractivity contribution is 0.412. The number of aromatic nitrogens is 2. The van der Waals surface area contributed by atoms with Crippen LogP contribution < -0.4 is 10.3 Å². The molecule has 0 N–H and O–H groups in total. The van der Waals surface area contributed by atoms with Crippen molar-refractivity contribution in [3.8, 4) is 5.75 Å². The maximum Gasteiger partial charge on any atom is 0.287 e. The van der Waals surface area contributed by atoms with Crippen LogP contribution in [0.25, 0.3) is 0 Å². The van der Waals surface area contributed by atoms with Crippen molar-refractivity contribution in [3.63, 3.8) is 0 Å². The summed E-state index contributed by atoms with van der Waals surface area (Å²) in [6.45, 7) is 0.304. The average Bonchev–Trinajstić information content (AvgIpc) is 2.40. The van der Waals surface area contributed by atoms with E-state index >= 15 is 0 Å². The summed E-state index contributed by atoms with van der Waals surface area (Å²) in [5.74, 6) is 0.721. The highest BCUT2D eigenvalue weighted by Gasteiger charge is 2.09. The van der Waals surface area contributed by atoms with Gasteiger partial charge >= 0.3 is 0 Å². The molecule has 0 spiro atoms. The average molecular weight is 364 g/mol. The SMILES string of the molecule is COc1ccc(Cn2ncc(Cl)c(Cl)c2=O)cc1Br. The van der Waals surface area contributed by atoms with Gasteiger partial charge in [0.2, 0.25) is 0 Å². The maximum absolute atomic E-state index is 11.8. The van der Waals surface area contributed by atoms with Crippen LogP contribution in [-0.2, 0) is 6.54 Å². The zero-order chi connectivity index (χ0) is 14.0. The van der Waals surface area contributed by atoms with Gasteiger partial charge in [0, 0.05) is 0 Å². The Balaban J connectivity index is 2.34. The van der Waals surface area contributed by atoms with Crippen molar-refractivity contribution in [3.05, 3.63) is 54.8 Å². The summed E-state index contributed by atoms with van der Waals surface area (Å²) < 4.78 is 7.20. The molecule has 0 saturated carbocycles. The fourth-order valence-electron chi connectivity index (χ4n) is 1.54. The van der Waals surface area contributed by atoms with Gasteiger partial charge in [0.15, 0.2) is 0 Å². The minimum atomic E-state index is -0.416. The molecule has 0 aliphatic heterocycles. The van der Waals surface area contributed by atoms with Crippen molar-refractivity contribution < 1.29 is 4.74 Å². The van der Waals surface area contributed by atoms with E-state index in [9.17, 15) is 4.79 Å². The van der Waals surface area contributed by atoms with Crippen LogP contribution in [0, 0.1) is 0 Å². The third-order valence-electron chi connectivity index (χ3n) is 2.49. The molecule has 7 heteroatoms. The first-order valence-corrected chi connectivity index (χ1v) is 6.81. The minimum Gasteiger partial charge on any atom is -0.496 e. The standard InChI is InChI=1S/C12H9BrCl2N2O2/c1-19-10-3-2-7(4-8(10)13)6-17-12(18)11(15)9(14)5-16-17/h2-5H,6H2,1H3. The smallest absolute Gasteiger partial charge is 0.287 e. The molecule has 0 amide bonds. The Hall–Kier alpha value is -1.04. The van der Waals surface area contributed by atoms with Crippen molar-refractivity contribution in [2.24, 2.45) is 0 Å². The Morgan fingerprint density at radius 2 is 2.16 bits per heavy atom. The molecule has 0 unspecified atom stereocenters. The van der Waals surface area contributed by atoms with Gasteiger partial charge in [-0.25, -0.2) is 4.68 Å². The summed E-state index contributed by atoms with van der Waals surface area (Å²) in [4.78, 5) is 11.8. The molecule has 0 fully saturated rings. The number of nitrogens with zero attached hydrogens (tertiary/aromatic N) is 2. The number of hydrogen-bond donors (Lipinski definition) is 0. The molecule has 0 aliphatic carbocycles. The van der Waals surface area contributed by atoms with Gasteiger partial charge in [0.05, 0.1) is 29.3 Å². The zero-order valence-electron chi connectivity index (χ0n) is 9.86. The van der Waals surface area contributed by atoms with E-state index in [2.05, 4.69) is 21.0 Å². The molecule has 19 heavy (non-hydrogen) atoms. The number of methoxy groups -OCH3 is 1. The fourth-order valence-corrected chi connectivity index (χ4v) is 2.40. The molecule has 1 aromatic carbocycles. The van der Waals surface area contributed by atoms with E-state index < -0.39 is 5.56 Å². The van der Waals surface area contributed by atoms with Crippen LogP contribution >= 0.6 is 39.1 Å². The lowest BCUT2D eigenvalue weighted by Crippen LogP contribution is -2.23. The van der Waals surface area contributed by atoms with Crippen molar-refractivity contribution >= 4 is 39.1 Å². The number of halogens is 3. The predicted molar refractivity (Wildman–Crippen MR) is 78.3 cm³/mol. The van der Waals surface area contributed by atoms with E-state index in [0.29, 0.717) is 6.54 Å². The second kappa shape index (κ2) is 5.94. The van der Waals surface area contributed by atoms with Gasteiger partial charge < -0.3 is 4.74 Å². The molecule has 1 aromatic heterocycles. The largest absolute Gasteiger partial charge is 0.496 e. The first-order valence-electron chi connectivity index (χ1n) is 5.26.